The number of ether oxygens (including phenoxy) is 1. The Labute approximate surface area is 173 Å². The maximum Gasteiger partial charge on any atom is 0.336 e. The van der Waals surface area contributed by atoms with Crippen molar-refractivity contribution in [2.75, 3.05) is 7.11 Å². The van der Waals surface area contributed by atoms with Crippen LogP contribution in [-0.2, 0) is 22.4 Å². The Morgan fingerprint density at radius 1 is 1.17 bits per heavy atom. The van der Waals surface area contributed by atoms with Crippen molar-refractivity contribution in [2.24, 2.45) is 0 Å². The fourth-order valence-electron chi connectivity index (χ4n) is 3.34. The van der Waals surface area contributed by atoms with Crippen molar-refractivity contribution >= 4 is 22.8 Å². The number of benzene rings is 2. The highest BCUT2D eigenvalue weighted by molar-refractivity contribution is 5.85. The molecule has 0 spiro atoms. The molecule has 3 rings (SSSR count). The van der Waals surface area contributed by atoms with Crippen molar-refractivity contribution in [1.82, 2.24) is 5.32 Å². The van der Waals surface area contributed by atoms with Crippen LogP contribution in [-0.4, -0.2) is 30.1 Å². The van der Waals surface area contributed by atoms with Gasteiger partial charge in [-0.1, -0.05) is 30.3 Å². The lowest BCUT2D eigenvalue weighted by atomic mass is 10.0. The molecule has 0 radical (unpaired) electrons. The fourth-order valence-corrected chi connectivity index (χ4v) is 3.34. The molecule has 0 fully saturated rings. The Kier molecular flexibility index (Phi) is 6.51. The molecule has 1 heterocycles. The van der Waals surface area contributed by atoms with E-state index in [1.807, 2.05) is 43.3 Å². The van der Waals surface area contributed by atoms with E-state index in [1.165, 1.54) is 13.2 Å². The SMILES string of the molecule is COc1cc2oc(=O)cc(C)c2cc1CCC(=O)NC(Cc1ccccc1)C(=O)O. The van der Waals surface area contributed by atoms with Gasteiger partial charge in [-0.25, -0.2) is 9.59 Å². The van der Waals surface area contributed by atoms with Crippen molar-refractivity contribution in [3.05, 3.63) is 75.6 Å². The van der Waals surface area contributed by atoms with Gasteiger partial charge in [0.15, 0.2) is 0 Å². The lowest BCUT2D eigenvalue weighted by molar-refractivity contribution is -0.141. The second-order valence-electron chi connectivity index (χ2n) is 7.06. The maximum absolute atomic E-state index is 12.4. The Bertz CT molecular complexity index is 1120. The third kappa shape index (κ3) is 5.05. The average Bonchev–Trinajstić information content (AvgIpc) is 2.72. The molecule has 2 N–H and O–H groups in total. The van der Waals surface area contributed by atoms with E-state index in [0.29, 0.717) is 17.8 Å². The highest BCUT2D eigenvalue weighted by Crippen LogP contribution is 2.28. The second kappa shape index (κ2) is 9.26. The smallest absolute Gasteiger partial charge is 0.336 e. The fraction of sp³-hybridized carbons (Fsp3) is 0.261. The monoisotopic (exact) mass is 409 g/mol. The number of aliphatic carboxylic acids is 1. The van der Waals surface area contributed by atoms with Gasteiger partial charge in [0.2, 0.25) is 5.91 Å². The average molecular weight is 409 g/mol. The number of carbonyl (C=O) groups is 2. The summed E-state index contributed by atoms with van der Waals surface area (Å²) >= 11 is 0. The van der Waals surface area contributed by atoms with Crippen LogP contribution >= 0.6 is 0 Å². The van der Waals surface area contributed by atoms with Crippen LogP contribution in [0.1, 0.15) is 23.1 Å². The molecule has 2 aromatic carbocycles. The Balaban J connectivity index is 1.72. The minimum Gasteiger partial charge on any atom is -0.496 e. The number of hydrogen-bond acceptors (Lipinski definition) is 5. The lowest BCUT2D eigenvalue weighted by Crippen LogP contribution is -2.42. The Morgan fingerprint density at radius 2 is 1.90 bits per heavy atom. The van der Waals surface area contributed by atoms with E-state index in [9.17, 15) is 19.5 Å². The first-order chi connectivity index (χ1) is 14.4. The molecule has 0 aliphatic heterocycles. The number of carboxylic acid groups (broad SMARTS) is 1. The number of nitrogens with one attached hydrogen (secondary N) is 1. The number of amides is 1. The number of carbonyl (C=O) groups excluding carboxylic acids is 1. The summed E-state index contributed by atoms with van der Waals surface area (Å²) in [7, 11) is 1.50. The first-order valence-electron chi connectivity index (χ1n) is 9.55. The molecule has 0 saturated carbocycles. The second-order valence-corrected chi connectivity index (χ2v) is 7.06. The molecule has 156 valence electrons. The summed E-state index contributed by atoms with van der Waals surface area (Å²) in [6.45, 7) is 1.81. The zero-order chi connectivity index (χ0) is 21.7. The standard InChI is InChI=1S/C23H23NO6/c1-14-10-22(26)30-20-13-19(29-2)16(12-17(14)20)8-9-21(25)24-18(23(27)28)11-15-6-4-3-5-7-15/h3-7,10,12-13,18H,8-9,11H2,1-2H3,(H,24,25)(H,27,28). The van der Waals surface area contributed by atoms with Crippen molar-refractivity contribution in [3.63, 3.8) is 0 Å². The van der Waals surface area contributed by atoms with Crippen molar-refractivity contribution in [2.45, 2.75) is 32.2 Å². The van der Waals surface area contributed by atoms with Crippen LogP contribution in [0.4, 0.5) is 0 Å². The normalized spacial score (nSPS) is 11.8. The van der Waals surface area contributed by atoms with E-state index in [1.54, 1.807) is 6.07 Å². The minimum absolute atomic E-state index is 0.0935. The largest absolute Gasteiger partial charge is 0.496 e. The zero-order valence-electron chi connectivity index (χ0n) is 16.8. The number of fused-ring (bicyclic) bond motifs is 1. The van der Waals surface area contributed by atoms with Crippen LogP contribution in [0.25, 0.3) is 11.0 Å². The molecule has 3 aromatic rings. The number of methoxy groups -OCH3 is 1. The first kappa shape index (κ1) is 21.1. The van der Waals surface area contributed by atoms with Crippen LogP contribution in [0, 0.1) is 6.92 Å². The molecule has 0 aliphatic rings. The van der Waals surface area contributed by atoms with Gasteiger partial charge in [-0.15, -0.1) is 0 Å². The van der Waals surface area contributed by atoms with E-state index in [4.69, 9.17) is 9.15 Å². The number of aryl methyl sites for hydroxylation is 2. The summed E-state index contributed by atoms with van der Waals surface area (Å²) in [4.78, 5) is 35.6. The van der Waals surface area contributed by atoms with Crippen LogP contribution in [0.3, 0.4) is 0 Å². The molecule has 1 aromatic heterocycles. The molecule has 0 saturated heterocycles. The zero-order valence-corrected chi connectivity index (χ0v) is 16.8. The van der Waals surface area contributed by atoms with Crippen LogP contribution in [0.15, 0.2) is 57.7 Å². The van der Waals surface area contributed by atoms with Gasteiger partial charge in [0.05, 0.1) is 7.11 Å². The van der Waals surface area contributed by atoms with Crippen molar-refractivity contribution in [1.29, 1.82) is 0 Å². The molecule has 7 heteroatoms. The van der Waals surface area contributed by atoms with Gasteiger partial charge in [-0.2, -0.15) is 0 Å². The van der Waals surface area contributed by atoms with Gasteiger partial charge in [-0.05, 0) is 36.1 Å². The number of rotatable bonds is 8. The highest BCUT2D eigenvalue weighted by atomic mass is 16.5. The quantitative estimate of drug-likeness (QED) is 0.554. The van der Waals surface area contributed by atoms with Gasteiger partial charge >= 0.3 is 11.6 Å². The summed E-state index contributed by atoms with van der Waals surface area (Å²) in [5.74, 6) is -0.943. The summed E-state index contributed by atoms with van der Waals surface area (Å²) < 4.78 is 10.6. The van der Waals surface area contributed by atoms with Crippen LogP contribution in [0.5, 0.6) is 5.75 Å². The number of carboxylic acids is 1. The van der Waals surface area contributed by atoms with E-state index in [2.05, 4.69) is 5.32 Å². The molecular formula is C23H23NO6. The van der Waals surface area contributed by atoms with Gasteiger partial charge < -0.3 is 19.6 Å². The van der Waals surface area contributed by atoms with E-state index >= 15 is 0 Å². The van der Waals surface area contributed by atoms with Gasteiger partial charge in [0, 0.05) is 30.4 Å². The van der Waals surface area contributed by atoms with Gasteiger partial charge in [-0.3, -0.25) is 4.79 Å². The van der Waals surface area contributed by atoms with Gasteiger partial charge in [0.1, 0.15) is 17.4 Å². The Morgan fingerprint density at radius 3 is 2.57 bits per heavy atom. The molecule has 0 aliphatic carbocycles. The molecule has 7 nitrogen and oxygen atoms in total. The predicted octanol–water partition coefficient (Wildman–Crippen LogP) is 2.85. The maximum atomic E-state index is 12.4. The number of hydrogen-bond donors (Lipinski definition) is 2. The van der Waals surface area contributed by atoms with Crippen LogP contribution < -0.4 is 15.7 Å². The van der Waals surface area contributed by atoms with Gasteiger partial charge in [0.25, 0.3) is 0 Å². The van der Waals surface area contributed by atoms with E-state index < -0.39 is 17.6 Å². The summed E-state index contributed by atoms with van der Waals surface area (Å²) in [6, 6.07) is 13.0. The highest BCUT2D eigenvalue weighted by Gasteiger charge is 2.20. The van der Waals surface area contributed by atoms with E-state index in [-0.39, 0.29) is 18.7 Å². The van der Waals surface area contributed by atoms with Crippen molar-refractivity contribution < 1.29 is 23.8 Å². The summed E-state index contributed by atoms with van der Waals surface area (Å²) in [5.41, 5.74) is 2.35. The minimum atomic E-state index is -1.08. The van der Waals surface area contributed by atoms with Crippen LogP contribution in [0.2, 0.25) is 0 Å². The lowest BCUT2D eigenvalue weighted by Gasteiger charge is -2.15. The Hall–Kier alpha value is -3.61. The van der Waals surface area contributed by atoms with Crippen molar-refractivity contribution in [3.8, 4) is 5.75 Å². The summed E-state index contributed by atoms with van der Waals surface area (Å²) in [6.07, 6.45) is 0.650. The molecule has 0 bridgehead atoms. The molecule has 1 atom stereocenters. The summed E-state index contributed by atoms with van der Waals surface area (Å²) in [5, 5.41) is 12.8. The topological polar surface area (TPSA) is 106 Å². The molecular weight excluding hydrogens is 386 g/mol. The third-order valence-electron chi connectivity index (χ3n) is 4.89. The predicted molar refractivity (Wildman–Crippen MR) is 112 cm³/mol. The molecule has 30 heavy (non-hydrogen) atoms. The molecule has 1 amide bonds. The third-order valence-corrected chi connectivity index (χ3v) is 4.89. The first-order valence-corrected chi connectivity index (χ1v) is 9.55. The molecule has 1 unspecified atom stereocenters. The van der Waals surface area contributed by atoms with E-state index in [0.717, 1.165) is 22.1 Å².